The van der Waals surface area contributed by atoms with E-state index in [-0.39, 0.29) is 5.82 Å². The predicted octanol–water partition coefficient (Wildman–Crippen LogP) is 4.70. The molecule has 0 spiro atoms. The van der Waals surface area contributed by atoms with Crippen LogP contribution in [0, 0.1) is 26.6 Å². The molecule has 0 aliphatic carbocycles. The number of nitrogens with zero attached hydrogens (tertiary/aromatic N) is 2. The SMILES string of the molecule is Cc1ccccc1NC(=O)NN=Cc1cc(C)n(-c2cccc(F)c2)c1C. The van der Waals surface area contributed by atoms with Gasteiger partial charge in [-0.25, -0.2) is 14.6 Å². The van der Waals surface area contributed by atoms with Crippen LogP contribution in [0.2, 0.25) is 0 Å². The number of aryl methyl sites for hydroxylation is 2. The first-order valence-corrected chi connectivity index (χ1v) is 8.56. The predicted molar refractivity (Wildman–Crippen MR) is 106 cm³/mol. The van der Waals surface area contributed by atoms with Gasteiger partial charge in [-0.15, -0.1) is 0 Å². The number of aromatic nitrogens is 1. The Labute approximate surface area is 157 Å². The fourth-order valence-corrected chi connectivity index (χ4v) is 2.95. The van der Waals surface area contributed by atoms with Gasteiger partial charge in [-0.05, 0) is 56.7 Å². The van der Waals surface area contributed by atoms with E-state index in [1.807, 2.05) is 61.7 Å². The number of hydrazone groups is 1. The van der Waals surface area contributed by atoms with Crippen LogP contribution in [0.1, 0.15) is 22.5 Å². The summed E-state index contributed by atoms with van der Waals surface area (Å²) in [6.45, 7) is 5.78. The van der Waals surface area contributed by atoms with Crippen LogP contribution in [0.3, 0.4) is 0 Å². The van der Waals surface area contributed by atoms with Crippen molar-refractivity contribution in [2.45, 2.75) is 20.8 Å². The van der Waals surface area contributed by atoms with Gasteiger partial charge < -0.3 is 9.88 Å². The van der Waals surface area contributed by atoms with Crippen molar-refractivity contribution < 1.29 is 9.18 Å². The Morgan fingerprint density at radius 3 is 2.59 bits per heavy atom. The molecule has 2 aromatic carbocycles. The van der Waals surface area contributed by atoms with E-state index in [0.29, 0.717) is 0 Å². The minimum atomic E-state index is -0.417. The number of carbonyl (C=O) groups excluding carboxylic acids is 1. The highest BCUT2D eigenvalue weighted by atomic mass is 19.1. The number of benzene rings is 2. The van der Waals surface area contributed by atoms with Gasteiger partial charge in [0.15, 0.2) is 0 Å². The fourth-order valence-electron chi connectivity index (χ4n) is 2.95. The topological polar surface area (TPSA) is 58.4 Å². The Balaban J connectivity index is 1.72. The first-order valence-electron chi connectivity index (χ1n) is 8.56. The molecular formula is C21H21FN4O. The Hall–Kier alpha value is -3.41. The van der Waals surface area contributed by atoms with Crippen LogP contribution in [0.15, 0.2) is 59.7 Å². The standard InChI is InChI=1S/C21H21FN4O/c1-14-7-4-5-10-20(14)24-21(27)25-23-13-17-11-15(2)26(16(17)3)19-9-6-8-18(22)12-19/h4-13H,1-3H3,(H2,24,25,27). The molecule has 0 unspecified atom stereocenters. The second kappa shape index (κ2) is 7.86. The Kier molecular flexibility index (Phi) is 5.35. The summed E-state index contributed by atoms with van der Waals surface area (Å²) in [5.74, 6) is -0.287. The molecule has 5 nitrogen and oxygen atoms in total. The summed E-state index contributed by atoms with van der Waals surface area (Å²) in [4.78, 5) is 12.0. The summed E-state index contributed by atoms with van der Waals surface area (Å²) < 4.78 is 15.5. The largest absolute Gasteiger partial charge is 0.339 e. The Morgan fingerprint density at radius 1 is 1.07 bits per heavy atom. The molecule has 0 aliphatic rings. The van der Waals surface area contributed by atoms with Gasteiger partial charge in [0.1, 0.15) is 5.82 Å². The molecule has 138 valence electrons. The lowest BCUT2D eigenvalue weighted by Gasteiger charge is -2.09. The van der Waals surface area contributed by atoms with E-state index < -0.39 is 6.03 Å². The minimum Gasteiger partial charge on any atom is -0.318 e. The van der Waals surface area contributed by atoms with Crippen molar-refractivity contribution in [1.29, 1.82) is 0 Å². The maximum absolute atomic E-state index is 13.5. The lowest BCUT2D eigenvalue weighted by atomic mass is 10.2. The molecule has 27 heavy (non-hydrogen) atoms. The van der Waals surface area contributed by atoms with E-state index in [1.165, 1.54) is 12.1 Å². The lowest BCUT2D eigenvalue weighted by molar-refractivity contribution is 0.252. The highest BCUT2D eigenvalue weighted by molar-refractivity contribution is 5.91. The molecule has 3 rings (SSSR count). The quantitative estimate of drug-likeness (QED) is 0.512. The van der Waals surface area contributed by atoms with Crippen LogP contribution in [-0.2, 0) is 0 Å². The molecule has 1 heterocycles. The highest BCUT2D eigenvalue weighted by Crippen LogP contribution is 2.20. The van der Waals surface area contributed by atoms with Crippen molar-refractivity contribution in [1.82, 2.24) is 9.99 Å². The number of hydrogen-bond donors (Lipinski definition) is 2. The fraction of sp³-hybridized carbons (Fsp3) is 0.143. The molecule has 3 aromatic rings. The average molecular weight is 364 g/mol. The summed E-state index contributed by atoms with van der Waals surface area (Å²) in [7, 11) is 0. The third-order valence-electron chi connectivity index (χ3n) is 4.30. The van der Waals surface area contributed by atoms with Crippen LogP contribution in [0.4, 0.5) is 14.9 Å². The van der Waals surface area contributed by atoms with E-state index in [9.17, 15) is 9.18 Å². The van der Waals surface area contributed by atoms with Gasteiger partial charge in [0.05, 0.1) is 6.21 Å². The van der Waals surface area contributed by atoms with E-state index in [2.05, 4.69) is 15.8 Å². The second-order valence-corrected chi connectivity index (χ2v) is 6.28. The van der Waals surface area contributed by atoms with Gasteiger partial charge in [0.2, 0.25) is 0 Å². The number of anilines is 1. The smallest absolute Gasteiger partial charge is 0.318 e. The van der Waals surface area contributed by atoms with Crippen LogP contribution < -0.4 is 10.7 Å². The van der Waals surface area contributed by atoms with E-state index in [4.69, 9.17) is 0 Å². The van der Waals surface area contributed by atoms with Crippen LogP contribution in [-0.4, -0.2) is 16.8 Å². The first-order chi connectivity index (χ1) is 13.0. The summed E-state index contributed by atoms with van der Waals surface area (Å²) in [5, 5.41) is 6.77. The molecule has 0 fully saturated rings. The zero-order chi connectivity index (χ0) is 19.4. The van der Waals surface area contributed by atoms with Gasteiger partial charge in [0.25, 0.3) is 0 Å². The summed E-state index contributed by atoms with van der Waals surface area (Å²) in [6, 6.07) is 15.4. The lowest BCUT2D eigenvalue weighted by Crippen LogP contribution is -2.24. The Morgan fingerprint density at radius 2 is 1.85 bits per heavy atom. The maximum Gasteiger partial charge on any atom is 0.339 e. The summed E-state index contributed by atoms with van der Waals surface area (Å²) in [6.07, 6.45) is 1.58. The molecule has 1 aromatic heterocycles. The van der Waals surface area contributed by atoms with Gasteiger partial charge >= 0.3 is 6.03 Å². The second-order valence-electron chi connectivity index (χ2n) is 6.28. The molecule has 6 heteroatoms. The number of carbonyl (C=O) groups is 1. The van der Waals surface area contributed by atoms with Crippen molar-refractivity contribution in [3.63, 3.8) is 0 Å². The van der Waals surface area contributed by atoms with Gasteiger partial charge in [-0.2, -0.15) is 5.10 Å². The number of urea groups is 1. The van der Waals surface area contributed by atoms with Crippen molar-refractivity contribution in [2.24, 2.45) is 5.10 Å². The van der Waals surface area contributed by atoms with Gasteiger partial charge in [-0.1, -0.05) is 24.3 Å². The molecular weight excluding hydrogens is 343 g/mol. The number of para-hydroxylation sites is 1. The number of nitrogens with one attached hydrogen (secondary N) is 2. The first kappa shape index (κ1) is 18.4. The van der Waals surface area contributed by atoms with Crippen LogP contribution in [0.5, 0.6) is 0 Å². The number of halogens is 1. The number of rotatable bonds is 4. The van der Waals surface area contributed by atoms with E-state index in [1.54, 1.807) is 12.3 Å². The zero-order valence-electron chi connectivity index (χ0n) is 15.5. The highest BCUT2D eigenvalue weighted by Gasteiger charge is 2.10. The van der Waals surface area contributed by atoms with E-state index in [0.717, 1.165) is 33.9 Å². The van der Waals surface area contributed by atoms with Crippen molar-refractivity contribution >= 4 is 17.9 Å². The molecule has 0 radical (unpaired) electrons. The zero-order valence-corrected chi connectivity index (χ0v) is 15.5. The van der Waals surface area contributed by atoms with E-state index >= 15 is 0 Å². The molecule has 0 saturated carbocycles. The number of amides is 2. The van der Waals surface area contributed by atoms with Crippen molar-refractivity contribution in [2.75, 3.05) is 5.32 Å². The normalized spacial score (nSPS) is 11.0. The molecule has 0 atom stereocenters. The molecule has 2 N–H and O–H groups in total. The summed E-state index contributed by atoms with van der Waals surface area (Å²) in [5.41, 5.74) is 7.60. The average Bonchev–Trinajstić information content (AvgIpc) is 2.91. The van der Waals surface area contributed by atoms with Crippen LogP contribution >= 0.6 is 0 Å². The van der Waals surface area contributed by atoms with Gasteiger partial charge in [-0.3, -0.25) is 0 Å². The monoisotopic (exact) mass is 364 g/mol. The minimum absolute atomic E-state index is 0.287. The van der Waals surface area contributed by atoms with Gasteiger partial charge in [0, 0.05) is 28.3 Å². The van der Waals surface area contributed by atoms with Crippen molar-refractivity contribution in [3.05, 3.63) is 82.9 Å². The Bertz CT molecular complexity index is 1010. The molecule has 0 saturated heterocycles. The summed E-state index contributed by atoms with van der Waals surface area (Å²) >= 11 is 0. The third-order valence-corrected chi connectivity index (χ3v) is 4.30. The maximum atomic E-state index is 13.5. The van der Waals surface area contributed by atoms with Crippen molar-refractivity contribution in [3.8, 4) is 5.69 Å². The molecule has 0 aliphatic heterocycles. The third kappa shape index (κ3) is 4.23. The van der Waals surface area contributed by atoms with Crippen LogP contribution in [0.25, 0.3) is 5.69 Å². The molecule has 0 bridgehead atoms. The number of hydrogen-bond acceptors (Lipinski definition) is 2. The molecule has 2 amide bonds.